The summed E-state index contributed by atoms with van der Waals surface area (Å²) in [5.74, 6) is 0.0773. The zero-order chi connectivity index (χ0) is 19.2. The molecule has 0 aliphatic heterocycles. The second-order valence-electron chi connectivity index (χ2n) is 5.61. The van der Waals surface area contributed by atoms with Crippen LogP contribution < -0.4 is 10.1 Å². The topological polar surface area (TPSA) is 104 Å². The SMILES string of the molecule is COC(=O)COc1ccc(NC(=O)c2cc(-c3cccnc3)on2)c(C)c1. The third-order valence-electron chi connectivity index (χ3n) is 3.72. The fourth-order valence-electron chi connectivity index (χ4n) is 2.28. The fourth-order valence-corrected chi connectivity index (χ4v) is 2.28. The van der Waals surface area contributed by atoms with Gasteiger partial charge in [0.15, 0.2) is 18.1 Å². The number of carbonyl (C=O) groups is 2. The minimum atomic E-state index is -0.472. The van der Waals surface area contributed by atoms with Crippen molar-refractivity contribution in [2.24, 2.45) is 0 Å². The number of pyridine rings is 1. The highest BCUT2D eigenvalue weighted by molar-refractivity contribution is 6.03. The van der Waals surface area contributed by atoms with Crippen LogP contribution in [0.15, 0.2) is 53.3 Å². The Morgan fingerprint density at radius 3 is 2.78 bits per heavy atom. The van der Waals surface area contributed by atoms with E-state index in [4.69, 9.17) is 9.26 Å². The Labute approximate surface area is 155 Å². The Bertz CT molecular complexity index is 953. The van der Waals surface area contributed by atoms with Gasteiger partial charge >= 0.3 is 5.97 Å². The summed E-state index contributed by atoms with van der Waals surface area (Å²) >= 11 is 0. The summed E-state index contributed by atoms with van der Waals surface area (Å²) < 4.78 is 15.0. The second-order valence-corrected chi connectivity index (χ2v) is 5.61. The molecule has 138 valence electrons. The van der Waals surface area contributed by atoms with E-state index in [0.29, 0.717) is 17.2 Å². The number of hydrogen-bond donors (Lipinski definition) is 1. The van der Waals surface area contributed by atoms with Crippen molar-refractivity contribution in [1.82, 2.24) is 10.1 Å². The van der Waals surface area contributed by atoms with Crippen LogP contribution >= 0.6 is 0 Å². The standard InChI is InChI=1S/C19H17N3O5/c1-12-8-14(26-11-18(23)25-2)5-6-15(12)21-19(24)16-9-17(27-22-16)13-4-3-7-20-10-13/h3-10H,11H2,1-2H3,(H,21,24). The Kier molecular flexibility index (Phi) is 5.46. The number of aryl methyl sites for hydroxylation is 1. The first-order valence-corrected chi connectivity index (χ1v) is 8.05. The zero-order valence-corrected chi connectivity index (χ0v) is 14.8. The molecule has 1 amide bonds. The number of methoxy groups -OCH3 is 1. The normalized spacial score (nSPS) is 10.3. The van der Waals surface area contributed by atoms with Gasteiger partial charge in [-0.15, -0.1) is 0 Å². The van der Waals surface area contributed by atoms with Crippen LogP contribution in [0.4, 0.5) is 5.69 Å². The highest BCUT2D eigenvalue weighted by Gasteiger charge is 2.15. The van der Waals surface area contributed by atoms with Gasteiger partial charge in [0.25, 0.3) is 5.91 Å². The maximum Gasteiger partial charge on any atom is 0.343 e. The van der Waals surface area contributed by atoms with Gasteiger partial charge in [0.1, 0.15) is 5.75 Å². The molecule has 1 N–H and O–H groups in total. The molecular weight excluding hydrogens is 350 g/mol. The first kappa shape index (κ1) is 18.1. The molecule has 0 radical (unpaired) electrons. The summed E-state index contributed by atoms with van der Waals surface area (Å²) in [6, 6.07) is 10.2. The van der Waals surface area contributed by atoms with Crippen molar-refractivity contribution in [2.45, 2.75) is 6.92 Å². The summed E-state index contributed by atoms with van der Waals surface area (Å²) in [6.45, 7) is 1.63. The van der Waals surface area contributed by atoms with Gasteiger partial charge in [-0.25, -0.2) is 4.79 Å². The first-order valence-electron chi connectivity index (χ1n) is 8.05. The minimum Gasteiger partial charge on any atom is -0.482 e. The number of benzene rings is 1. The lowest BCUT2D eigenvalue weighted by molar-refractivity contribution is -0.142. The summed E-state index contributed by atoms with van der Waals surface area (Å²) in [5, 5.41) is 6.57. The van der Waals surface area contributed by atoms with Gasteiger partial charge in [-0.3, -0.25) is 9.78 Å². The zero-order valence-electron chi connectivity index (χ0n) is 14.8. The number of ether oxygens (including phenoxy) is 2. The number of aromatic nitrogens is 2. The molecule has 1 aromatic carbocycles. The maximum atomic E-state index is 12.4. The minimum absolute atomic E-state index is 0.152. The molecule has 0 spiro atoms. The van der Waals surface area contributed by atoms with E-state index < -0.39 is 11.9 Å². The van der Waals surface area contributed by atoms with E-state index in [1.807, 2.05) is 13.0 Å². The summed E-state index contributed by atoms with van der Waals surface area (Å²) in [6.07, 6.45) is 3.27. The van der Waals surface area contributed by atoms with E-state index in [1.165, 1.54) is 7.11 Å². The van der Waals surface area contributed by atoms with Crippen LogP contribution in [0.2, 0.25) is 0 Å². The van der Waals surface area contributed by atoms with E-state index in [-0.39, 0.29) is 12.3 Å². The summed E-state index contributed by atoms with van der Waals surface area (Å²) in [7, 11) is 1.29. The molecule has 0 atom stereocenters. The van der Waals surface area contributed by atoms with E-state index in [0.717, 1.165) is 11.1 Å². The van der Waals surface area contributed by atoms with Gasteiger partial charge in [-0.1, -0.05) is 5.16 Å². The number of amides is 1. The quantitative estimate of drug-likeness (QED) is 0.668. The van der Waals surface area contributed by atoms with Crippen molar-refractivity contribution in [3.05, 3.63) is 60.0 Å². The fraction of sp³-hybridized carbons (Fsp3) is 0.158. The lowest BCUT2D eigenvalue weighted by Gasteiger charge is -2.10. The number of carbonyl (C=O) groups excluding carboxylic acids is 2. The van der Waals surface area contributed by atoms with Crippen LogP contribution in [0.3, 0.4) is 0 Å². The average Bonchev–Trinajstić information content (AvgIpc) is 3.19. The van der Waals surface area contributed by atoms with Gasteiger partial charge in [-0.2, -0.15) is 0 Å². The van der Waals surface area contributed by atoms with Crippen molar-refractivity contribution >= 4 is 17.6 Å². The molecule has 2 heterocycles. The number of anilines is 1. The molecule has 8 nitrogen and oxygen atoms in total. The second kappa shape index (κ2) is 8.13. The molecule has 2 aromatic heterocycles. The molecule has 0 unspecified atom stereocenters. The first-order chi connectivity index (χ1) is 13.1. The summed E-state index contributed by atoms with van der Waals surface area (Å²) in [4.78, 5) is 27.5. The molecule has 3 rings (SSSR count). The predicted octanol–water partition coefficient (Wildman–Crippen LogP) is 2.85. The molecule has 0 aliphatic carbocycles. The van der Waals surface area contributed by atoms with Gasteiger partial charge in [-0.05, 0) is 42.8 Å². The molecule has 8 heteroatoms. The smallest absolute Gasteiger partial charge is 0.343 e. The average molecular weight is 367 g/mol. The van der Waals surface area contributed by atoms with E-state index >= 15 is 0 Å². The molecule has 0 saturated carbocycles. The van der Waals surface area contributed by atoms with Gasteiger partial charge in [0, 0.05) is 29.7 Å². The Balaban J connectivity index is 1.67. The molecule has 0 fully saturated rings. The van der Waals surface area contributed by atoms with E-state index in [2.05, 4.69) is 20.2 Å². The molecule has 3 aromatic rings. The third-order valence-corrected chi connectivity index (χ3v) is 3.72. The van der Waals surface area contributed by atoms with Crippen LogP contribution in [0.25, 0.3) is 11.3 Å². The maximum absolute atomic E-state index is 12.4. The number of rotatable bonds is 6. The number of nitrogens with zero attached hydrogens (tertiary/aromatic N) is 2. The highest BCUT2D eigenvalue weighted by atomic mass is 16.6. The predicted molar refractivity (Wildman–Crippen MR) is 96.4 cm³/mol. The Morgan fingerprint density at radius 1 is 1.22 bits per heavy atom. The van der Waals surface area contributed by atoms with Crippen molar-refractivity contribution in [1.29, 1.82) is 0 Å². The van der Waals surface area contributed by atoms with Crippen LogP contribution in [0.5, 0.6) is 5.75 Å². The molecular formula is C19H17N3O5. The summed E-state index contributed by atoms with van der Waals surface area (Å²) in [5.41, 5.74) is 2.24. The largest absolute Gasteiger partial charge is 0.482 e. The molecule has 0 bridgehead atoms. The van der Waals surface area contributed by atoms with Crippen LogP contribution in [0.1, 0.15) is 16.1 Å². The third kappa shape index (κ3) is 4.49. The number of nitrogens with one attached hydrogen (secondary N) is 1. The van der Waals surface area contributed by atoms with Crippen LogP contribution in [-0.2, 0) is 9.53 Å². The lowest BCUT2D eigenvalue weighted by atomic mass is 10.2. The molecule has 0 aliphatic rings. The van der Waals surface area contributed by atoms with E-state index in [9.17, 15) is 9.59 Å². The van der Waals surface area contributed by atoms with E-state index in [1.54, 1.807) is 42.7 Å². The van der Waals surface area contributed by atoms with Gasteiger partial charge in [0.05, 0.1) is 7.11 Å². The number of esters is 1. The van der Waals surface area contributed by atoms with Crippen LogP contribution in [0, 0.1) is 6.92 Å². The molecule has 0 saturated heterocycles. The Hall–Kier alpha value is -3.68. The lowest BCUT2D eigenvalue weighted by Crippen LogP contribution is -2.14. The van der Waals surface area contributed by atoms with Crippen molar-refractivity contribution in [3.8, 4) is 17.1 Å². The van der Waals surface area contributed by atoms with Crippen molar-refractivity contribution in [3.63, 3.8) is 0 Å². The highest BCUT2D eigenvalue weighted by Crippen LogP contribution is 2.23. The van der Waals surface area contributed by atoms with Crippen molar-refractivity contribution < 1.29 is 23.6 Å². The van der Waals surface area contributed by atoms with Gasteiger partial charge < -0.3 is 19.3 Å². The monoisotopic (exact) mass is 367 g/mol. The number of hydrogen-bond acceptors (Lipinski definition) is 7. The van der Waals surface area contributed by atoms with Crippen LogP contribution in [-0.4, -0.2) is 35.7 Å². The Morgan fingerprint density at radius 2 is 2.07 bits per heavy atom. The molecule has 27 heavy (non-hydrogen) atoms. The van der Waals surface area contributed by atoms with Gasteiger partial charge in [0.2, 0.25) is 0 Å². The van der Waals surface area contributed by atoms with Crippen molar-refractivity contribution in [2.75, 3.05) is 19.0 Å².